The van der Waals surface area contributed by atoms with Crippen LogP contribution in [0.25, 0.3) is 0 Å². The largest absolute Gasteiger partial charge is 0.309 e. The summed E-state index contributed by atoms with van der Waals surface area (Å²) in [5.41, 5.74) is 0. The van der Waals surface area contributed by atoms with E-state index in [0.29, 0.717) is 0 Å². The SMILES string of the molecule is C=C/C=C\C/C=C\C=N. The van der Waals surface area contributed by atoms with Gasteiger partial charge in [-0.25, -0.2) is 0 Å². The molecule has 0 amide bonds. The Balaban J connectivity index is 3.27. The van der Waals surface area contributed by atoms with Gasteiger partial charge in [-0.2, -0.15) is 0 Å². The van der Waals surface area contributed by atoms with Crippen LogP contribution in [-0.4, -0.2) is 6.21 Å². The van der Waals surface area contributed by atoms with Gasteiger partial charge in [0.2, 0.25) is 0 Å². The fraction of sp³-hybridized carbons (Fsp3) is 0.125. The summed E-state index contributed by atoms with van der Waals surface area (Å²) in [5, 5.41) is 6.63. The molecule has 0 heterocycles. The average molecular weight is 121 g/mol. The minimum Gasteiger partial charge on any atom is -0.309 e. The minimum atomic E-state index is 0.876. The normalized spacial score (nSPS) is 10.7. The molecule has 0 rings (SSSR count). The highest BCUT2D eigenvalue weighted by atomic mass is 14.3. The van der Waals surface area contributed by atoms with Crippen molar-refractivity contribution in [2.45, 2.75) is 6.42 Å². The van der Waals surface area contributed by atoms with Crippen LogP contribution in [-0.2, 0) is 0 Å². The number of hydrogen-bond acceptors (Lipinski definition) is 1. The summed E-state index contributed by atoms with van der Waals surface area (Å²) in [5.74, 6) is 0. The molecule has 48 valence electrons. The van der Waals surface area contributed by atoms with Crippen LogP contribution in [0.15, 0.2) is 37.0 Å². The molecule has 0 aliphatic heterocycles. The Bertz CT molecular complexity index is 116. The van der Waals surface area contributed by atoms with E-state index in [4.69, 9.17) is 5.41 Å². The highest BCUT2D eigenvalue weighted by Gasteiger charge is 1.64. The van der Waals surface area contributed by atoms with Crippen molar-refractivity contribution in [1.82, 2.24) is 0 Å². The van der Waals surface area contributed by atoms with Crippen LogP contribution in [0.1, 0.15) is 6.42 Å². The van der Waals surface area contributed by atoms with Crippen molar-refractivity contribution in [2.24, 2.45) is 0 Å². The van der Waals surface area contributed by atoms with Crippen molar-refractivity contribution in [3.63, 3.8) is 0 Å². The fourth-order valence-corrected chi connectivity index (χ4v) is 0.400. The number of hydrogen-bond donors (Lipinski definition) is 1. The highest BCUT2D eigenvalue weighted by Crippen LogP contribution is 1.83. The summed E-state index contributed by atoms with van der Waals surface area (Å²) in [4.78, 5) is 0. The summed E-state index contributed by atoms with van der Waals surface area (Å²) >= 11 is 0. The Morgan fingerprint density at radius 1 is 1.22 bits per heavy atom. The first-order chi connectivity index (χ1) is 4.41. The lowest BCUT2D eigenvalue weighted by Crippen LogP contribution is -1.58. The molecule has 0 spiro atoms. The zero-order chi connectivity index (χ0) is 6.95. The molecule has 0 aromatic rings. The van der Waals surface area contributed by atoms with Crippen molar-refractivity contribution >= 4 is 6.21 Å². The van der Waals surface area contributed by atoms with Gasteiger partial charge >= 0.3 is 0 Å². The van der Waals surface area contributed by atoms with E-state index in [2.05, 4.69) is 6.58 Å². The van der Waals surface area contributed by atoms with Crippen LogP contribution in [0.3, 0.4) is 0 Å². The molecule has 0 aromatic heterocycles. The Labute approximate surface area is 55.9 Å². The molecular formula is C8H11N. The Morgan fingerprint density at radius 2 is 1.89 bits per heavy atom. The first-order valence-corrected chi connectivity index (χ1v) is 2.85. The van der Waals surface area contributed by atoms with Crippen LogP contribution >= 0.6 is 0 Å². The molecule has 0 bridgehead atoms. The lowest BCUT2D eigenvalue weighted by atomic mass is 10.3. The maximum atomic E-state index is 6.63. The number of rotatable bonds is 4. The maximum absolute atomic E-state index is 6.63. The molecule has 9 heavy (non-hydrogen) atoms. The van der Waals surface area contributed by atoms with Gasteiger partial charge in [-0.3, -0.25) is 0 Å². The smallest absolute Gasteiger partial charge is 0.0174 e. The zero-order valence-corrected chi connectivity index (χ0v) is 5.38. The standard InChI is InChI=1S/C8H11N/c1-2-3-4-5-6-7-8-9/h2-4,6-9H,1,5H2/b4-3-,7-6-,9-8?. The third-order valence-corrected chi connectivity index (χ3v) is 0.777. The topological polar surface area (TPSA) is 23.9 Å². The Hall–Kier alpha value is -1.11. The van der Waals surface area contributed by atoms with Gasteiger partial charge in [0.1, 0.15) is 0 Å². The van der Waals surface area contributed by atoms with Crippen molar-refractivity contribution in [2.75, 3.05) is 0 Å². The summed E-state index contributed by atoms with van der Waals surface area (Å²) in [7, 11) is 0. The van der Waals surface area contributed by atoms with E-state index in [9.17, 15) is 0 Å². The molecule has 0 radical (unpaired) electrons. The fourth-order valence-electron chi connectivity index (χ4n) is 0.400. The van der Waals surface area contributed by atoms with Gasteiger partial charge in [0.15, 0.2) is 0 Å². The molecule has 1 heteroatoms. The van der Waals surface area contributed by atoms with Gasteiger partial charge in [-0.15, -0.1) is 0 Å². The maximum Gasteiger partial charge on any atom is 0.0174 e. The predicted octanol–water partition coefficient (Wildman–Crippen LogP) is 2.32. The summed E-state index contributed by atoms with van der Waals surface area (Å²) in [6, 6.07) is 0. The summed E-state index contributed by atoms with van der Waals surface area (Å²) in [6.45, 7) is 3.52. The lowest BCUT2D eigenvalue weighted by molar-refractivity contribution is 1.40. The second-order valence-electron chi connectivity index (χ2n) is 1.49. The monoisotopic (exact) mass is 121 g/mol. The predicted molar refractivity (Wildman–Crippen MR) is 41.9 cm³/mol. The lowest BCUT2D eigenvalue weighted by Gasteiger charge is -1.75. The third kappa shape index (κ3) is 6.89. The first kappa shape index (κ1) is 7.89. The van der Waals surface area contributed by atoms with E-state index in [1.807, 2.05) is 18.2 Å². The van der Waals surface area contributed by atoms with Crippen LogP contribution < -0.4 is 0 Å². The van der Waals surface area contributed by atoms with Crippen molar-refractivity contribution in [1.29, 1.82) is 5.41 Å². The molecule has 0 aromatic carbocycles. The third-order valence-electron chi connectivity index (χ3n) is 0.777. The molecular weight excluding hydrogens is 110 g/mol. The van der Waals surface area contributed by atoms with Gasteiger partial charge in [0.05, 0.1) is 0 Å². The highest BCUT2D eigenvalue weighted by molar-refractivity contribution is 5.67. The van der Waals surface area contributed by atoms with Crippen molar-refractivity contribution in [3.05, 3.63) is 37.0 Å². The number of allylic oxidation sites excluding steroid dienone is 5. The van der Waals surface area contributed by atoms with E-state index in [-0.39, 0.29) is 0 Å². The van der Waals surface area contributed by atoms with Crippen LogP contribution in [0, 0.1) is 5.41 Å². The molecule has 0 fully saturated rings. The summed E-state index contributed by atoms with van der Waals surface area (Å²) in [6.07, 6.45) is 11.4. The molecule has 0 saturated carbocycles. The summed E-state index contributed by atoms with van der Waals surface area (Å²) < 4.78 is 0. The van der Waals surface area contributed by atoms with Crippen LogP contribution in [0.4, 0.5) is 0 Å². The Morgan fingerprint density at radius 3 is 2.44 bits per heavy atom. The van der Waals surface area contributed by atoms with Gasteiger partial charge < -0.3 is 5.41 Å². The van der Waals surface area contributed by atoms with E-state index in [1.165, 1.54) is 6.21 Å². The second-order valence-corrected chi connectivity index (χ2v) is 1.49. The second kappa shape index (κ2) is 6.89. The first-order valence-electron chi connectivity index (χ1n) is 2.85. The van der Waals surface area contributed by atoms with Gasteiger partial charge in [-0.1, -0.05) is 30.9 Å². The molecule has 0 saturated heterocycles. The molecule has 1 N–H and O–H groups in total. The number of nitrogens with one attached hydrogen (secondary N) is 1. The van der Waals surface area contributed by atoms with E-state index < -0.39 is 0 Å². The molecule has 0 unspecified atom stereocenters. The van der Waals surface area contributed by atoms with Crippen LogP contribution in [0.5, 0.6) is 0 Å². The van der Waals surface area contributed by atoms with Gasteiger partial charge in [0, 0.05) is 6.21 Å². The molecule has 1 nitrogen and oxygen atoms in total. The van der Waals surface area contributed by atoms with Crippen molar-refractivity contribution in [3.8, 4) is 0 Å². The van der Waals surface area contributed by atoms with Crippen molar-refractivity contribution < 1.29 is 0 Å². The molecule has 0 aliphatic carbocycles. The minimum absolute atomic E-state index is 0.876. The molecule has 0 atom stereocenters. The van der Waals surface area contributed by atoms with Gasteiger partial charge in [-0.05, 0) is 12.5 Å². The van der Waals surface area contributed by atoms with Crippen LogP contribution in [0.2, 0.25) is 0 Å². The van der Waals surface area contributed by atoms with E-state index in [0.717, 1.165) is 6.42 Å². The molecule has 0 aliphatic rings. The van der Waals surface area contributed by atoms with E-state index in [1.54, 1.807) is 12.2 Å². The Kier molecular flexibility index (Phi) is 6.04. The van der Waals surface area contributed by atoms with Gasteiger partial charge in [0.25, 0.3) is 0 Å². The van der Waals surface area contributed by atoms with E-state index >= 15 is 0 Å². The average Bonchev–Trinajstić information content (AvgIpc) is 1.89. The quantitative estimate of drug-likeness (QED) is 0.436. The zero-order valence-electron chi connectivity index (χ0n) is 5.38.